The number of aliphatic imine (C=N–C) groups is 1. The summed E-state index contributed by atoms with van der Waals surface area (Å²) in [6.07, 6.45) is 0. The highest BCUT2D eigenvalue weighted by Crippen LogP contribution is 2.14. The van der Waals surface area contributed by atoms with Gasteiger partial charge in [0.1, 0.15) is 0 Å². The molecule has 1 rings (SSSR count). The van der Waals surface area contributed by atoms with Crippen molar-refractivity contribution in [2.75, 3.05) is 27.7 Å². The highest BCUT2D eigenvalue weighted by Gasteiger charge is 2.27. The Balaban J connectivity index is 0.00000441. The molecule has 1 aromatic heterocycles. The molecule has 1 amide bonds. The molecule has 0 aliphatic carbocycles. The molecule has 0 spiro atoms. The highest BCUT2D eigenvalue weighted by atomic mass is 127. The van der Waals surface area contributed by atoms with Crippen LogP contribution < -0.4 is 10.6 Å². The van der Waals surface area contributed by atoms with Crippen molar-refractivity contribution < 1.29 is 4.79 Å². The van der Waals surface area contributed by atoms with Gasteiger partial charge < -0.3 is 15.5 Å². The Morgan fingerprint density at radius 3 is 2.59 bits per heavy atom. The molecule has 1 heterocycles. The van der Waals surface area contributed by atoms with E-state index in [4.69, 9.17) is 0 Å². The lowest BCUT2D eigenvalue weighted by Crippen LogP contribution is -2.47. The van der Waals surface area contributed by atoms with Crippen LogP contribution in [0.2, 0.25) is 0 Å². The first-order valence-electron chi connectivity index (χ1n) is 6.85. The van der Waals surface area contributed by atoms with E-state index in [9.17, 15) is 4.79 Å². The predicted molar refractivity (Wildman–Crippen MR) is 103 cm³/mol. The minimum atomic E-state index is -0.497. The van der Waals surface area contributed by atoms with Gasteiger partial charge in [0, 0.05) is 33.1 Å². The predicted octanol–water partition coefficient (Wildman–Crippen LogP) is 1.85. The first-order chi connectivity index (χ1) is 9.80. The fourth-order valence-electron chi connectivity index (χ4n) is 1.90. The summed E-state index contributed by atoms with van der Waals surface area (Å²) >= 11 is 1.64. The molecule has 22 heavy (non-hydrogen) atoms. The van der Waals surface area contributed by atoms with Gasteiger partial charge in [0.15, 0.2) is 5.96 Å². The van der Waals surface area contributed by atoms with Gasteiger partial charge in [-0.3, -0.25) is 9.79 Å². The van der Waals surface area contributed by atoms with E-state index in [1.165, 1.54) is 0 Å². The van der Waals surface area contributed by atoms with E-state index < -0.39 is 5.41 Å². The van der Waals surface area contributed by atoms with E-state index in [0.29, 0.717) is 13.1 Å². The van der Waals surface area contributed by atoms with Crippen LogP contribution in [0.25, 0.3) is 0 Å². The Kier molecular flexibility index (Phi) is 8.91. The number of rotatable bonds is 5. The second-order valence-corrected chi connectivity index (χ2v) is 6.64. The monoisotopic (exact) mass is 439 g/mol. The van der Waals surface area contributed by atoms with Crippen molar-refractivity contribution in [2.24, 2.45) is 10.4 Å². The van der Waals surface area contributed by atoms with Crippen LogP contribution in [-0.2, 0) is 11.3 Å². The number of amides is 1. The van der Waals surface area contributed by atoms with Crippen LogP contribution in [-0.4, -0.2) is 49.4 Å². The van der Waals surface area contributed by atoms with E-state index >= 15 is 0 Å². The maximum Gasteiger partial charge on any atom is 0.227 e. The van der Waals surface area contributed by atoms with E-state index in [0.717, 1.165) is 16.7 Å². The van der Waals surface area contributed by atoms with Gasteiger partial charge in [0.2, 0.25) is 5.91 Å². The summed E-state index contributed by atoms with van der Waals surface area (Å²) < 4.78 is 0. The zero-order valence-electron chi connectivity index (χ0n) is 14.1. The lowest BCUT2D eigenvalue weighted by atomic mass is 9.92. The minimum absolute atomic E-state index is 0. The number of halogens is 1. The second-order valence-electron chi connectivity index (χ2n) is 5.58. The Morgan fingerprint density at radius 1 is 1.50 bits per heavy atom. The van der Waals surface area contributed by atoms with Crippen LogP contribution in [0.4, 0.5) is 0 Å². The van der Waals surface area contributed by atoms with Crippen molar-refractivity contribution in [2.45, 2.75) is 27.3 Å². The van der Waals surface area contributed by atoms with Crippen LogP contribution in [0.3, 0.4) is 0 Å². The number of nitrogens with zero attached hydrogens (tertiary/aromatic N) is 3. The number of aromatic nitrogens is 1. The number of thiazole rings is 1. The number of carbonyl (C=O) groups excluding carboxylic acids is 1. The van der Waals surface area contributed by atoms with Gasteiger partial charge in [-0.25, -0.2) is 4.98 Å². The Hall–Kier alpha value is -0.900. The van der Waals surface area contributed by atoms with Crippen LogP contribution >= 0.6 is 35.3 Å². The average Bonchev–Trinajstić information content (AvgIpc) is 2.83. The third kappa shape index (κ3) is 6.07. The summed E-state index contributed by atoms with van der Waals surface area (Å²) in [6.45, 7) is 6.99. The highest BCUT2D eigenvalue weighted by molar-refractivity contribution is 14.0. The summed E-state index contributed by atoms with van der Waals surface area (Å²) in [7, 11) is 5.34. The third-order valence-electron chi connectivity index (χ3n) is 3.17. The Morgan fingerprint density at radius 2 is 2.14 bits per heavy atom. The molecular weight excluding hydrogens is 413 g/mol. The molecule has 8 heteroatoms. The van der Waals surface area contributed by atoms with E-state index in [-0.39, 0.29) is 29.9 Å². The van der Waals surface area contributed by atoms with Crippen LogP contribution in [0, 0.1) is 12.3 Å². The second kappa shape index (κ2) is 9.29. The minimum Gasteiger partial charge on any atom is -0.359 e. The molecule has 6 nitrogen and oxygen atoms in total. The quantitative estimate of drug-likeness (QED) is 0.418. The van der Waals surface area contributed by atoms with Crippen molar-refractivity contribution in [3.8, 4) is 0 Å². The largest absolute Gasteiger partial charge is 0.359 e. The van der Waals surface area contributed by atoms with Gasteiger partial charge in [0.05, 0.1) is 22.7 Å². The summed E-state index contributed by atoms with van der Waals surface area (Å²) in [4.78, 5) is 22.5. The van der Waals surface area contributed by atoms with Crippen LogP contribution in [0.1, 0.15) is 24.5 Å². The van der Waals surface area contributed by atoms with Gasteiger partial charge in [-0.15, -0.1) is 35.3 Å². The molecule has 126 valence electrons. The fourth-order valence-corrected chi connectivity index (χ4v) is 2.51. The molecule has 0 saturated carbocycles. The zero-order chi connectivity index (χ0) is 16.0. The van der Waals surface area contributed by atoms with Crippen molar-refractivity contribution in [3.05, 3.63) is 16.1 Å². The summed E-state index contributed by atoms with van der Waals surface area (Å²) in [5.74, 6) is 0.751. The molecule has 0 atom stereocenters. The molecule has 0 aliphatic rings. The SMILES string of the molecule is CN=C(NCC(C)(C)C(=O)NC)N(C)Cc1csc(C)n1.I. The fraction of sp³-hybridized carbons (Fsp3) is 0.643. The lowest BCUT2D eigenvalue weighted by molar-refractivity contribution is -0.128. The number of guanidine groups is 1. The number of aryl methyl sites for hydroxylation is 1. The molecule has 2 N–H and O–H groups in total. The molecule has 0 aromatic carbocycles. The van der Waals surface area contributed by atoms with Gasteiger partial charge in [-0.1, -0.05) is 0 Å². The molecule has 0 radical (unpaired) electrons. The number of hydrogen-bond acceptors (Lipinski definition) is 4. The standard InChI is InChI=1S/C14H25N5OS.HI/c1-10-18-11(8-21-10)7-19(6)13(16-5)17-9-14(2,3)12(20)15-4;/h8H,7,9H2,1-6H3,(H,15,20)(H,16,17);1H. The molecule has 0 aliphatic heterocycles. The van der Waals surface area contributed by atoms with Crippen molar-refractivity contribution >= 4 is 47.2 Å². The molecule has 0 fully saturated rings. The average molecular weight is 439 g/mol. The van der Waals surface area contributed by atoms with Crippen LogP contribution in [0.5, 0.6) is 0 Å². The van der Waals surface area contributed by atoms with Crippen LogP contribution in [0.15, 0.2) is 10.4 Å². The Labute approximate surface area is 153 Å². The molecular formula is C14H26IN5OS. The molecule has 0 bridgehead atoms. The summed E-state index contributed by atoms with van der Waals surface area (Å²) in [6, 6.07) is 0. The van der Waals surface area contributed by atoms with Gasteiger partial charge in [-0.05, 0) is 20.8 Å². The number of hydrogen-bond donors (Lipinski definition) is 2. The normalized spacial score (nSPS) is 11.6. The van der Waals surface area contributed by atoms with Crippen molar-refractivity contribution in [1.82, 2.24) is 20.5 Å². The lowest BCUT2D eigenvalue weighted by Gasteiger charge is -2.27. The third-order valence-corrected chi connectivity index (χ3v) is 3.99. The van der Waals surface area contributed by atoms with Gasteiger partial charge in [-0.2, -0.15) is 0 Å². The first-order valence-corrected chi connectivity index (χ1v) is 7.73. The summed E-state index contributed by atoms with van der Waals surface area (Å²) in [5, 5.41) is 9.03. The first kappa shape index (κ1) is 21.1. The topological polar surface area (TPSA) is 69.6 Å². The van der Waals surface area contributed by atoms with E-state index in [1.54, 1.807) is 25.4 Å². The van der Waals surface area contributed by atoms with Gasteiger partial charge >= 0.3 is 0 Å². The summed E-state index contributed by atoms with van der Waals surface area (Å²) in [5.41, 5.74) is 0.524. The van der Waals surface area contributed by atoms with Crippen molar-refractivity contribution in [1.29, 1.82) is 0 Å². The van der Waals surface area contributed by atoms with E-state index in [2.05, 4.69) is 20.6 Å². The molecule has 1 aromatic rings. The van der Waals surface area contributed by atoms with E-state index in [1.807, 2.05) is 38.1 Å². The van der Waals surface area contributed by atoms with Gasteiger partial charge in [0.25, 0.3) is 0 Å². The maximum atomic E-state index is 11.8. The smallest absolute Gasteiger partial charge is 0.227 e. The zero-order valence-corrected chi connectivity index (χ0v) is 17.2. The number of carbonyl (C=O) groups is 1. The number of nitrogens with one attached hydrogen (secondary N) is 2. The molecule has 0 saturated heterocycles. The maximum absolute atomic E-state index is 11.8. The molecule has 0 unspecified atom stereocenters. The Bertz CT molecular complexity index is 515. The van der Waals surface area contributed by atoms with Crippen molar-refractivity contribution in [3.63, 3.8) is 0 Å².